The quantitative estimate of drug-likeness (QED) is 0.838. The van der Waals surface area contributed by atoms with Gasteiger partial charge in [0.05, 0.1) is 6.07 Å². The van der Waals surface area contributed by atoms with Crippen LogP contribution in [0.1, 0.15) is 47.0 Å². The van der Waals surface area contributed by atoms with Gasteiger partial charge in [-0.3, -0.25) is 10.2 Å². The zero-order chi connectivity index (χ0) is 15.1. The second-order valence-corrected chi connectivity index (χ2v) is 6.76. The van der Waals surface area contributed by atoms with Crippen LogP contribution in [0.5, 0.6) is 0 Å². The van der Waals surface area contributed by atoms with Gasteiger partial charge in [-0.05, 0) is 11.3 Å². The van der Waals surface area contributed by atoms with E-state index >= 15 is 0 Å². The summed E-state index contributed by atoms with van der Waals surface area (Å²) in [5, 5.41) is 17.3. The van der Waals surface area contributed by atoms with Crippen molar-refractivity contribution in [2.75, 3.05) is 0 Å². The van der Waals surface area contributed by atoms with Crippen LogP contribution in [0.25, 0.3) is 0 Å². The van der Waals surface area contributed by atoms with E-state index in [1.165, 1.54) is 0 Å². The van der Waals surface area contributed by atoms with Gasteiger partial charge in [0.15, 0.2) is 5.78 Å². The first-order valence-corrected chi connectivity index (χ1v) is 7.23. The number of carbonyl (C=O) groups is 1. The Balaban J connectivity index is 2.53. The summed E-state index contributed by atoms with van der Waals surface area (Å²) in [4.78, 5) is 12.5. The lowest BCUT2D eigenvalue weighted by Gasteiger charge is -2.40. The minimum Gasteiger partial charge on any atom is -0.446 e. The molecule has 1 heterocycles. The lowest BCUT2D eigenvalue weighted by molar-refractivity contribution is -0.119. The fraction of sp³-hybridized carbons (Fsp3) is 0.688. The van der Waals surface area contributed by atoms with E-state index in [1.54, 1.807) is 0 Å². The molecular weight excluding hydrogens is 252 g/mol. The van der Waals surface area contributed by atoms with Gasteiger partial charge in [0.1, 0.15) is 11.7 Å². The maximum Gasteiger partial charge on any atom is 0.204 e. The van der Waals surface area contributed by atoms with Crippen molar-refractivity contribution in [3.63, 3.8) is 0 Å². The summed E-state index contributed by atoms with van der Waals surface area (Å²) >= 11 is 0. The van der Waals surface area contributed by atoms with Crippen LogP contribution in [0.2, 0.25) is 0 Å². The molecule has 4 heteroatoms. The van der Waals surface area contributed by atoms with Gasteiger partial charge in [-0.25, -0.2) is 0 Å². The molecule has 0 fully saturated rings. The van der Waals surface area contributed by atoms with Crippen molar-refractivity contribution in [3.8, 4) is 6.07 Å². The van der Waals surface area contributed by atoms with Gasteiger partial charge in [-0.1, -0.05) is 34.1 Å². The van der Waals surface area contributed by atoms with Crippen molar-refractivity contribution in [2.45, 2.75) is 47.0 Å². The molecule has 0 radical (unpaired) electrons. The topological polar surface area (TPSA) is 73.9 Å². The number of nitrogens with zero attached hydrogens (tertiary/aromatic N) is 1. The molecule has 1 aliphatic carbocycles. The predicted molar refractivity (Wildman–Crippen MR) is 75.9 cm³/mol. The fourth-order valence-electron chi connectivity index (χ4n) is 3.27. The maximum absolute atomic E-state index is 12.5. The number of hydrogen-bond donors (Lipinski definition) is 1. The first kappa shape index (κ1) is 14.8. The summed E-state index contributed by atoms with van der Waals surface area (Å²) < 4.78 is 5.54. The largest absolute Gasteiger partial charge is 0.446 e. The van der Waals surface area contributed by atoms with E-state index in [1.807, 2.05) is 20.8 Å². The number of Topliss-reactive ketones (excluding diaryl/α,β-unsaturated/α-hetero) is 1. The molecule has 3 atom stereocenters. The second kappa shape index (κ2) is 5.05. The predicted octanol–water partition coefficient (Wildman–Crippen LogP) is 3.44. The van der Waals surface area contributed by atoms with Gasteiger partial charge < -0.3 is 4.74 Å². The van der Waals surface area contributed by atoms with Gasteiger partial charge in [0.25, 0.3) is 0 Å². The van der Waals surface area contributed by atoms with E-state index in [9.17, 15) is 10.1 Å². The smallest absolute Gasteiger partial charge is 0.204 e. The molecule has 0 saturated carbocycles. The second-order valence-electron chi connectivity index (χ2n) is 6.76. The van der Waals surface area contributed by atoms with Crippen molar-refractivity contribution < 1.29 is 9.53 Å². The zero-order valence-corrected chi connectivity index (χ0v) is 12.6. The molecule has 0 aromatic carbocycles. The highest BCUT2D eigenvalue weighted by Crippen LogP contribution is 2.46. The molecule has 0 saturated heterocycles. The van der Waals surface area contributed by atoms with E-state index in [0.717, 1.165) is 6.42 Å². The average Bonchev–Trinajstić information content (AvgIpc) is 2.34. The molecule has 108 valence electrons. The Bertz CT molecular complexity index is 525. The van der Waals surface area contributed by atoms with Crippen LogP contribution < -0.4 is 0 Å². The number of allylic oxidation sites excluding steroid dienone is 2. The van der Waals surface area contributed by atoms with Crippen molar-refractivity contribution in [2.24, 2.45) is 23.2 Å². The van der Waals surface area contributed by atoms with Crippen molar-refractivity contribution in [1.82, 2.24) is 0 Å². The highest BCUT2D eigenvalue weighted by atomic mass is 16.5. The lowest BCUT2D eigenvalue weighted by Crippen LogP contribution is -2.41. The molecule has 0 aromatic rings. The summed E-state index contributed by atoms with van der Waals surface area (Å²) in [6.45, 7) is 8.17. The van der Waals surface area contributed by atoms with Crippen LogP contribution in [-0.4, -0.2) is 11.7 Å². The Labute approximate surface area is 120 Å². The number of nitriles is 1. The lowest BCUT2D eigenvalue weighted by atomic mass is 9.67. The van der Waals surface area contributed by atoms with Crippen molar-refractivity contribution in [1.29, 1.82) is 10.7 Å². The Morgan fingerprint density at radius 1 is 1.50 bits per heavy atom. The molecule has 0 bridgehead atoms. The van der Waals surface area contributed by atoms with Gasteiger partial charge in [0, 0.05) is 24.3 Å². The Kier molecular flexibility index (Phi) is 3.73. The van der Waals surface area contributed by atoms with Gasteiger partial charge >= 0.3 is 0 Å². The molecular formula is C16H22N2O2. The summed E-state index contributed by atoms with van der Waals surface area (Å²) in [6, 6.07) is 2.16. The average molecular weight is 274 g/mol. The maximum atomic E-state index is 12.5. The monoisotopic (exact) mass is 274 g/mol. The van der Waals surface area contributed by atoms with Crippen molar-refractivity contribution >= 4 is 11.7 Å². The summed E-state index contributed by atoms with van der Waals surface area (Å²) in [5.74, 6) is 0.0992. The first-order chi connectivity index (χ1) is 9.30. The molecule has 3 unspecified atom stereocenters. The first-order valence-electron chi connectivity index (χ1n) is 7.23. The van der Waals surface area contributed by atoms with E-state index in [2.05, 4.69) is 13.0 Å². The van der Waals surface area contributed by atoms with Crippen LogP contribution in [0, 0.1) is 39.9 Å². The third-order valence-electron chi connectivity index (χ3n) is 4.48. The van der Waals surface area contributed by atoms with E-state index in [0.29, 0.717) is 24.2 Å². The zero-order valence-electron chi connectivity index (χ0n) is 12.6. The number of ether oxygens (including phenoxy) is 1. The molecule has 1 aliphatic heterocycles. The van der Waals surface area contributed by atoms with Crippen LogP contribution in [0.15, 0.2) is 11.3 Å². The van der Waals surface area contributed by atoms with Gasteiger partial charge in [-0.2, -0.15) is 5.26 Å². The number of rotatable bonds is 2. The van der Waals surface area contributed by atoms with E-state index in [4.69, 9.17) is 10.1 Å². The molecule has 20 heavy (non-hydrogen) atoms. The van der Waals surface area contributed by atoms with E-state index in [-0.39, 0.29) is 28.9 Å². The number of hydrogen-bond acceptors (Lipinski definition) is 4. The highest BCUT2D eigenvalue weighted by Gasteiger charge is 2.46. The standard InChI is InChI=1S/C16H22N2O2/c1-5-9(2)13-10(8-17)15(18)20-12-7-16(3,4)6-11(19)14(12)13/h9-10,13,18H,5-7H2,1-4H3. The fourth-order valence-corrected chi connectivity index (χ4v) is 3.27. The third kappa shape index (κ3) is 2.37. The molecule has 0 amide bonds. The SMILES string of the molecule is CCC(C)C1C2=C(CC(C)(C)CC2=O)OC(=N)C1C#N. The number of ketones is 1. The van der Waals surface area contributed by atoms with Crippen LogP contribution >= 0.6 is 0 Å². The van der Waals surface area contributed by atoms with Gasteiger partial charge in [-0.15, -0.1) is 0 Å². The van der Waals surface area contributed by atoms with Crippen molar-refractivity contribution in [3.05, 3.63) is 11.3 Å². The minimum atomic E-state index is -0.631. The normalized spacial score (nSPS) is 30.4. The molecule has 0 aromatic heterocycles. The van der Waals surface area contributed by atoms with Gasteiger partial charge in [0.2, 0.25) is 5.90 Å². The highest BCUT2D eigenvalue weighted by molar-refractivity contribution is 6.00. The van der Waals surface area contributed by atoms with Crippen LogP contribution in [-0.2, 0) is 9.53 Å². The molecule has 0 spiro atoms. The van der Waals surface area contributed by atoms with Crippen LogP contribution in [0.4, 0.5) is 0 Å². The summed E-state index contributed by atoms with van der Waals surface area (Å²) in [7, 11) is 0. The molecule has 1 N–H and O–H groups in total. The molecule has 4 nitrogen and oxygen atoms in total. The third-order valence-corrected chi connectivity index (χ3v) is 4.48. The Morgan fingerprint density at radius 2 is 2.15 bits per heavy atom. The molecule has 2 rings (SSSR count). The Hall–Kier alpha value is -1.63. The number of nitrogens with one attached hydrogen (secondary N) is 1. The number of carbonyl (C=O) groups excluding carboxylic acids is 1. The van der Waals surface area contributed by atoms with Crippen LogP contribution in [0.3, 0.4) is 0 Å². The molecule has 2 aliphatic rings. The Morgan fingerprint density at radius 3 is 2.70 bits per heavy atom. The summed E-state index contributed by atoms with van der Waals surface area (Å²) in [5.41, 5.74) is 0.552. The van der Waals surface area contributed by atoms with E-state index < -0.39 is 5.92 Å². The minimum absolute atomic E-state index is 0.00190. The summed E-state index contributed by atoms with van der Waals surface area (Å²) in [6.07, 6.45) is 2.04.